The van der Waals surface area contributed by atoms with E-state index < -0.39 is 0 Å². The highest BCUT2D eigenvalue weighted by atomic mass is 16.2. The largest absolute Gasteiger partial charge is 0.283 e. The highest BCUT2D eigenvalue weighted by Gasteiger charge is 2.32. The zero-order valence-corrected chi connectivity index (χ0v) is 11.1. The maximum absolute atomic E-state index is 11.7. The van der Waals surface area contributed by atoms with Crippen molar-refractivity contribution in [1.29, 1.82) is 0 Å². The maximum Gasteiger partial charge on any atom is 0.260 e. The molecule has 1 atom stereocenters. The molecule has 4 heteroatoms. The highest BCUT2D eigenvalue weighted by molar-refractivity contribution is 5.88. The second-order valence-electron chi connectivity index (χ2n) is 5.00. The molecule has 1 heterocycles. The average molecular weight is 237 g/mol. The third-order valence-electron chi connectivity index (χ3n) is 4.05. The van der Waals surface area contributed by atoms with Crippen molar-refractivity contribution in [1.82, 2.24) is 14.9 Å². The van der Waals surface area contributed by atoms with E-state index in [0.29, 0.717) is 6.04 Å². The van der Waals surface area contributed by atoms with Crippen molar-refractivity contribution in [3.8, 4) is 0 Å². The SMILES string of the molecule is CCN1C(=O)C=CC(N(C)C2CCCC2)N1C. The molecule has 0 aromatic rings. The molecule has 0 saturated heterocycles. The van der Waals surface area contributed by atoms with E-state index in [0.717, 1.165) is 6.54 Å². The Balaban J connectivity index is 2.09. The van der Waals surface area contributed by atoms with E-state index in [9.17, 15) is 4.79 Å². The Morgan fingerprint density at radius 1 is 1.41 bits per heavy atom. The van der Waals surface area contributed by atoms with Crippen molar-refractivity contribution >= 4 is 5.91 Å². The van der Waals surface area contributed by atoms with Gasteiger partial charge in [-0.2, -0.15) is 0 Å². The molecular formula is C13H23N3O. The van der Waals surface area contributed by atoms with Gasteiger partial charge in [-0.15, -0.1) is 0 Å². The Morgan fingerprint density at radius 3 is 2.65 bits per heavy atom. The van der Waals surface area contributed by atoms with Crippen LogP contribution in [-0.4, -0.2) is 53.7 Å². The molecule has 0 aromatic carbocycles. The minimum atomic E-state index is 0.0890. The van der Waals surface area contributed by atoms with Crippen LogP contribution in [0.2, 0.25) is 0 Å². The molecule has 0 bridgehead atoms. The van der Waals surface area contributed by atoms with Crippen LogP contribution >= 0.6 is 0 Å². The lowest BCUT2D eigenvalue weighted by molar-refractivity contribution is -0.152. The molecule has 1 fully saturated rings. The zero-order valence-electron chi connectivity index (χ0n) is 11.1. The van der Waals surface area contributed by atoms with Crippen molar-refractivity contribution in [3.63, 3.8) is 0 Å². The first-order chi connectivity index (χ1) is 8.15. The molecule has 1 unspecified atom stereocenters. The van der Waals surface area contributed by atoms with Gasteiger partial charge in [-0.25, -0.2) is 5.01 Å². The number of rotatable bonds is 3. The van der Waals surface area contributed by atoms with Gasteiger partial charge < -0.3 is 0 Å². The van der Waals surface area contributed by atoms with Gasteiger partial charge in [-0.1, -0.05) is 12.8 Å². The molecule has 1 aliphatic heterocycles. The van der Waals surface area contributed by atoms with Crippen molar-refractivity contribution < 1.29 is 4.79 Å². The van der Waals surface area contributed by atoms with Crippen LogP contribution in [0.1, 0.15) is 32.6 Å². The van der Waals surface area contributed by atoms with Crippen LogP contribution in [0.3, 0.4) is 0 Å². The van der Waals surface area contributed by atoms with Gasteiger partial charge >= 0.3 is 0 Å². The molecule has 1 saturated carbocycles. The van der Waals surface area contributed by atoms with Crippen LogP contribution in [0, 0.1) is 0 Å². The summed E-state index contributed by atoms with van der Waals surface area (Å²) in [6.07, 6.45) is 9.20. The number of likely N-dealkylation sites (N-methyl/N-ethyl adjacent to an activating group) is 3. The van der Waals surface area contributed by atoms with Gasteiger partial charge in [0.05, 0.1) is 6.17 Å². The van der Waals surface area contributed by atoms with Crippen LogP contribution in [-0.2, 0) is 4.79 Å². The fourth-order valence-electron chi connectivity index (χ4n) is 2.98. The number of carbonyl (C=O) groups is 1. The van der Waals surface area contributed by atoms with Gasteiger partial charge in [0.2, 0.25) is 0 Å². The number of amides is 1. The lowest BCUT2D eigenvalue weighted by Crippen LogP contribution is -2.57. The van der Waals surface area contributed by atoms with Crippen LogP contribution in [0.4, 0.5) is 0 Å². The lowest BCUT2D eigenvalue weighted by Gasteiger charge is -2.44. The summed E-state index contributed by atoms with van der Waals surface area (Å²) in [4.78, 5) is 14.1. The Bertz CT molecular complexity index is 310. The zero-order chi connectivity index (χ0) is 12.4. The van der Waals surface area contributed by atoms with Crippen LogP contribution in [0.15, 0.2) is 12.2 Å². The molecule has 0 radical (unpaired) electrons. The second kappa shape index (κ2) is 5.19. The monoisotopic (exact) mass is 237 g/mol. The smallest absolute Gasteiger partial charge is 0.260 e. The summed E-state index contributed by atoms with van der Waals surface area (Å²) in [6, 6.07) is 0.666. The summed E-state index contributed by atoms with van der Waals surface area (Å²) in [5.74, 6) is 0.0890. The van der Waals surface area contributed by atoms with Crippen LogP contribution in [0.25, 0.3) is 0 Å². The quantitative estimate of drug-likeness (QED) is 0.743. The molecular weight excluding hydrogens is 214 g/mol. The molecule has 1 amide bonds. The van der Waals surface area contributed by atoms with E-state index >= 15 is 0 Å². The lowest BCUT2D eigenvalue weighted by atomic mass is 10.2. The molecule has 96 valence electrons. The van der Waals surface area contributed by atoms with E-state index in [-0.39, 0.29) is 12.1 Å². The van der Waals surface area contributed by atoms with Crippen molar-refractivity contribution in [2.24, 2.45) is 0 Å². The fraction of sp³-hybridized carbons (Fsp3) is 0.769. The summed E-state index contributed by atoms with van der Waals surface area (Å²) in [6.45, 7) is 2.74. The summed E-state index contributed by atoms with van der Waals surface area (Å²) in [5.41, 5.74) is 0. The second-order valence-corrected chi connectivity index (χ2v) is 5.00. The first-order valence-corrected chi connectivity index (χ1v) is 6.59. The summed E-state index contributed by atoms with van der Waals surface area (Å²) < 4.78 is 0. The Morgan fingerprint density at radius 2 is 2.06 bits per heavy atom. The van der Waals surface area contributed by atoms with Crippen molar-refractivity contribution in [3.05, 3.63) is 12.2 Å². The van der Waals surface area contributed by atoms with E-state index in [1.54, 1.807) is 11.1 Å². The summed E-state index contributed by atoms with van der Waals surface area (Å²) in [5, 5.41) is 3.86. The third-order valence-corrected chi connectivity index (χ3v) is 4.05. The molecule has 17 heavy (non-hydrogen) atoms. The van der Waals surface area contributed by atoms with E-state index in [1.807, 2.05) is 20.0 Å². The van der Waals surface area contributed by atoms with E-state index in [4.69, 9.17) is 0 Å². The van der Waals surface area contributed by atoms with Gasteiger partial charge in [-0.3, -0.25) is 14.7 Å². The number of hydrazine groups is 1. The average Bonchev–Trinajstić information content (AvgIpc) is 2.82. The number of nitrogens with zero attached hydrogens (tertiary/aromatic N) is 3. The Hall–Kier alpha value is -0.870. The maximum atomic E-state index is 11.7. The van der Waals surface area contributed by atoms with Crippen LogP contribution in [0.5, 0.6) is 0 Å². The van der Waals surface area contributed by atoms with Crippen molar-refractivity contribution in [2.75, 3.05) is 20.6 Å². The topological polar surface area (TPSA) is 26.8 Å². The molecule has 0 N–H and O–H groups in total. The summed E-state index contributed by atoms with van der Waals surface area (Å²) in [7, 11) is 4.17. The van der Waals surface area contributed by atoms with Crippen molar-refractivity contribution in [2.45, 2.75) is 44.8 Å². The molecule has 4 nitrogen and oxygen atoms in total. The van der Waals surface area contributed by atoms with Gasteiger partial charge in [0, 0.05) is 25.7 Å². The van der Waals surface area contributed by atoms with E-state index in [1.165, 1.54) is 25.7 Å². The van der Waals surface area contributed by atoms with E-state index in [2.05, 4.69) is 17.0 Å². The molecule has 0 aromatic heterocycles. The van der Waals surface area contributed by atoms with Gasteiger partial charge in [0.1, 0.15) is 0 Å². The Kier molecular flexibility index (Phi) is 3.84. The first kappa shape index (κ1) is 12.6. The molecule has 2 aliphatic rings. The fourth-order valence-corrected chi connectivity index (χ4v) is 2.98. The van der Waals surface area contributed by atoms with Gasteiger partial charge in [0.15, 0.2) is 0 Å². The van der Waals surface area contributed by atoms with Gasteiger partial charge in [-0.05, 0) is 32.9 Å². The van der Waals surface area contributed by atoms with Crippen LogP contribution < -0.4 is 0 Å². The molecule has 0 spiro atoms. The highest BCUT2D eigenvalue weighted by Crippen LogP contribution is 2.26. The number of hydrogen-bond donors (Lipinski definition) is 0. The number of carbonyl (C=O) groups excluding carboxylic acids is 1. The predicted octanol–water partition coefficient (Wildman–Crippen LogP) is 1.45. The first-order valence-electron chi connectivity index (χ1n) is 6.59. The normalized spacial score (nSPS) is 27.4. The molecule has 2 rings (SSSR count). The van der Waals surface area contributed by atoms with Gasteiger partial charge in [0.25, 0.3) is 5.91 Å². The standard InChI is InChI=1S/C13H23N3O/c1-4-16-13(17)10-9-12(15(16)3)14(2)11-7-5-6-8-11/h9-12H,4-8H2,1-3H3. The third kappa shape index (κ3) is 2.38. The Labute approximate surface area is 104 Å². The minimum Gasteiger partial charge on any atom is -0.283 e. The minimum absolute atomic E-state index is 0.0890. The molecule has 1 aliphatic carbocycles. The number of hydrogen-bond acceptors (Lipinski definition) is 3. The predicted molar refractivity (Wildman–Crippen MR) is 68.1 cm³/mol. The summed E-state index contributed by atoms with van der Waals surface area (Å²) >= 11 is 0.